The fourth-order valence-electron chi connectivity index (χ4n) is 2.69. The van der Waals surface area contributed by atoms with Gasteiger partial charge in [0, 0.05) is 13.1 Å². The van der Waals surface area contributed by atoms with Gasteiger partial charge in [-0.2, -0.15) is 0 Å². The highest BCUT2D eigenvalue weighted by atomic mass is 16.5. The van der Waals surface area contributed by atoms with E-state index in [1.54, 1.807) is 0 Å². The molecule has 17 heavy (non-hydrogen) atoms. The lowest BCUT2D eigenvalue weighted by Crippen LogP contribution is -2.55. The number of ether oxygens (including phenoxy) is 1. The van der Waals surface area contributed by atoms with Crippen LogP contribution in [0.2, 0.25) is 0 Å². The van der Waals surface area contributed by atoms with Crippen molar-refractivity contribution in [2.45, 2.75) is 38.5 Å². The molecule has 1 amide bonds. The van der Waals surface area contributed by atoms with Crippen LogP contribution in [0.4, 0.5) is 0 Å². The maximum atomic E-state index is 12.3. The number of rotatable bonds is 2. The number of amides is 1. The number of nitrogens with one attached hydrogen (secondary N) is 1. The molecule has 0 bridgehead atoms. The van der Waals surface area contributed by atoms with Gasteiger partial charge in [-0.15, -0.1) is 0 Å². The summed E-state index contributed by atoms with van der Waals surface area (Å²) in [6.07, 6.45) is 0.820. The Labute approximate surface area is 102 Å². The van der Waals surface area contributed by atoms with Crippen LogP contribution in [0.1, 0.15) is 20.3 Å². The van der Waals surface area contributed by atoms with E-state index in [0.29, 0.717) is 19.0 Å². The van der Waals surface area contributed by atoms with Crippen LogP contribution in [0.15, 0.2) is 0 Å². The molecule has 5 nitrogen and oxygen atoms in total. The van der Waals surface area contributed by atoms with Gasteiger partial charge in [-0.05, 0) is 25.8 Å². The third-order valence-corrected chi connectivity index (χ3v) is 3.64. The minimum Gasteiger partial charge on any atom is -0.394 e. The summed E-state index contributed by atoms with van der Waals surface area (Å²) in [5, 5.41) is 12.4. The number of carbonyl (C=O) groups excluding carboxylic acids is 1. The summed E-state index contributed by atoms with van der Waals surface area (Å²) >= 11 is 0. The van der Waals surface area contributed by atoms with Crippen LogP contribution in [-0.2, 0) is 9.53 Å². The van der Waals surface area contributed by atoms with Crippen molar-refractivity contribution in [2.24, 2.45) is 5.92 Å². The molecule has 0 saturated carbocycles. The van der Waals surface area contributed by atoms with Crippen LogP contribution in [-0.4, -0.2) is 60.4 Å². The lowest BCUT2D eigenvalue weighted by atomic mass is 10.0. The summed E-state index contributed by atoms with van der Waals surface area (Å²) in [5.74, 6) is 0.553. The maximum Gasteiger partial charge on any atom is 0.240 e. The summed E-state index contributed by atoms with van der Waals surface area (Å²) in [6.45, 7) is 6.07. The SMILES string of the molecule is CC1CN(C(=O)C2NCCC2C)CC(CO)O1. The molecule has 2 rings (SSSR count). The number of carbonyl (C=O) groups is 1. The molecular weight excluding hydrogens is 220 g/mol. The molecule has 2 heterocycles. The van der Waals surface area contributed by atoms with Gasteiger partial charge in [0.2, 0.25) is 5.91 Å². The van der Waals surface area contributed by atoms with E-state index < -0.39 is 0 Å². The van der Waals surface area contributed by atoms with Gasteiger partial charge < -0.3 is 20.1 Å². The van der Waals surface area contributed by atoms with Crippen LogP contribution in [0.3, 0.4) is 0 Å². The lowest BCUT2D eigenvalue weighted by molar-refractivity contribution is -0.149. The van der Waals surface area contributed by atoms with E-state index >= 15 is 0 Å². The number of morpholine rings is 1. The molecule has 4 unspecified atom stereocenters. The Bertz CT molecular complexity index is 285. The van der Waals surface area contributed by atoms with Crippen molar-refractivity contribution in [1.82, 2.24) is 10.2 Å². The zero-order valence-corrected chi connectivity index (χ0v) is 10.6. The molecule has 0 aromatic heterocycles. The predicted molar refractivity (Wildman–Crippen MR) is 63.6 cm³/mol. The quantitative estimate of drug-likeness (QED) is 0.691. The summed E-state index contributed by atoms with van der Waals surface area (Å²) in [4.78, 5) is 14.2. The molecule has 5 heteroatoms. The fourth-order valence-corrected chi connectivity index (χ4v) is 2.69. The molecule has 98 valence electrons. The van der Waals surface area contributed by atoms with E-state index in [0.717, 1.165) is 13.0 Å². The maximum absolute atomic E-state index is 12.3. The largest absolute Gasteiger partial charge is 0.394 e. The summed E-state index contributed by atoms with van der Waals surface area (Å²) in [5.41, 5.74) is 0. The van der Waals surface area contributed by atoms with E-state index in [1.807, 2.05) is 11.8 Å². The highest BCUT2D eigenvalue weighted by molar-refractivity contribution is 5.82. The first-order chi connectivity index (χ1) is 8.11. The second-order valence-electron chi connectivity index (χ2n) is 5.19. The first-order valence-electron chi connectivity index (χ1n) is 6.40. The van der Waals surface area contributed by atoms with Gasteiger partial charge in [-0.25, -0.2) is 0 Å². The van der Waals surface area contributed by atoms with Gasteiger partial charge >= 0.3 is 0 Å². The standard InChI is InChI=1S/C12H22N2O3/c1-8-3-4-13-11(8)12(16)14-5-9(2)17-10(6-14)7-15/h8-11,13,15H,3-7H2,1-2H3. The smallest absolute Gasteiger partial charge is 0.240 e. The molecule has 2 fully saturated rings. The van der Waals surface area contributed by atoms with Gasteiger partial charge in [0.25, 0.3) is 0 Å². The molecule has 0 spiro atoms. The molecule has 0 aliphatic carbocycles. The molecule has 2 N–H and O–H groups in total. The summed E-state index contributed by atoms with van der Waals surface area (Å²) in [6, 6.07) is -0.0559. The Morgan fingerprint density at radius 1 is 1.47 bits per heavy atom. The first-order valence-corrected chi connectivity index (χ1v) is 6.40. The third-order valence-electron chi connectivity index (χ3n) is 3.64. The van der Waals surface area contributed by atoms with Crippen LogP contribution in [0, 0.1) is 5.92 Å². The number of hydrogen-bond acceptors (Lipinski definition) is 4. The Morgan fingerprint density at radius 2 is 2.24 bits per heavy atom. The second kappa shape index (κ2) is 5.33. The Kier molecular flexibility index (Phi) is 4.01. The molecule has 0 radical (unpaired) electrons. The van der Waals surface area contributed by atoms with Crippen LogP contribution < -0.4 is 5.32 Å². The van der Waals surface area contributed by atoms with Crippen molar-refractivity contribution >= 4 is 5.91 Å². The van der Waals surface area contributed by atoms with Crippen molar-refractivity contribution in [2.75, 3.05) is 26.2 Å². The van der Waals surface area contributed by atoms with E-state index in [2.05, 4.69) is 12.2 Å². The normalized spacial score (nSPS) is 38.4. The van der Waals surface area contributed by atoms with Crippen molar-refractivity contribution in [3.63, 3.8) is 0 Å². The molecule has 0 aromatic carbocycles. The lowest BCUT2D eigenvalue weighted by Gasteiger charge is -2.37. The van der Waals surface area contributed by atoms with Crippen LogP contribution in [0.25, 0.3) is 0 Å². The van der Waals surface area contributed by atoms with Gasteiger partial charge in [-0.1, -0.05) is 6.92 Å². The number of hydrogen-bond donors (Lipinski definition) is 2. The number of nitrogens with zero attached hydrogens (tertiary/aromatic N) is 1. The summed E-state index contributed by atoms with van der Waals surface area (Å²) < 4.78 is 5.54. The van der Waals surface area contributed by atoms with Crippen molar-refractivity contribution in [3.8, 4) is 0 Å². The van der Waals surface area contributed by atoms with Crippen molar-refractivity contribution < 1.29 is 14.6 Å². The predicted octanol–water partition coefficient (Wildman–Crippen LogP) is -0.407. The van der Waals surface area contributed by atoms with Gasteiger partial charge in [-0.3, -0.25) is 4.79 Å². The number of aliphatic hydroxyl groups excluding tert-OH is 1. The minimum atomic E-state index is -0.237. The Hall–Kier alpha value is -0.650. The molecule has 4 atom stereocenters. The average molecular weight is 242 g/mol. The van der Waals surface area contributed by atoms with Gasteiger partial charge in [0.15, 0.2) is 0 Å². The molecule has 2 aliphatic heterocycles. The molecule has 2 saturated heterocycles. The zero-order chi connectivity index (χ0) is 12.4. The topological polar surface area (TPSA) is 61.8 Å². The zero-order valence-electron chi connectivity index (χ0n) is 10.6. The van der Waals surface area contributed by atoms with E-state index in [-0.39, 0.29) is 30.8 Å². The average Bonchev–Trinajstić information content (AvgIpc) is 2.73. The van der Waals surface area contributed by atoms with Gasteiger partial charge in [0.1, 0.15) is 0 Å². The van der Waals surface area contributed by atoms with E-state index in [1.165, 1.54) is 0 Å². The van der Waals surface area contributed by atoms with Crippen LogP contribution in [0.5, 0.6) is 0 Å². The fraction of sp³-hybridized carbons (Fsp3) is 0.917. The first kappa shape index (κ1) is 12.8. The Morgan fingerprint density at radius 3 is 2.82 bits per heavy atom. The highest BCUT2D eigenvalue weighted by Gasteiger charge is 2.36. The molecule has 2 aliphatic rings. The minimum absolute atomic E-state index is 0.00144. The number of aliphatic hydroxyl groups is 1. The molecular formula is C12H22N2O3. The summed E-state index contributed by atoms with van der Waals surface area (Å²) in [7, 11) is 0. The van der Waals surface area contributed by atoms with Crippen molar-refractivity contribution in [3.05, 3.63) is 0 Å². The molecule has 0 aromatic rings. The van der Waals surface area contributed by atoms with Crippen LogP contribution >= 0.6 is 0 Å². The van der Waals surface area contributed by atoms with E-state index in [4.69, 9.17) is 9.84 Å². The second-order valence-corrected chi connectivity index (χ2v) is 5.19. The Balaban J connectivity index is 1.98. The highest BCUT2D eigenvalue weighted by Crippen LogP contribution is 2.19. The third kappa shape index (κ3) is 2.78. The van der Waals surface area contributed by atoms with Crippen molar-refractivity contribution in [1.29, 1.82) is 0 Å². The van der Waals surface area contributed by atoms with E-state index in [9.17, 15) is 4.79 Å². The monoisotopic (exact) mass is 242 g/mol. The van der Waals surface area contributed by atoms with Gasteiger partial charge in [0.05, 0.1) is 24.9 Å².